The molecular weight excluding hydrogens is 290 g/mol. The average molecular weight is 298 g/mol. The van der Waals surface area contributed by atoms with Gasteiger partial charge in [0.25, 0.3) is 12.1 Å². The topological polar surface area (TPSA) is 106 Å². The summed E-state index contributed by atoms with van der Waals surface area (Å²) in [6.45, 7) is 1.50. The summed E-state index contributed by atoms with van der Waals surface area (Å²) in [4.78, 5) is 24.3. The number of rotatable bonds is 4. The molecule has 9 heteroatoms. The highest BCUT2D eigenvalue weighted by Crippen LogP contribution is 2.31. The molecule has 2 aromatic rings. The lowest BCUT2D eigenvalue weighted by Crippen LogP contribution is -1.99. The number of aryl methyl sites for hydroxylation is 1. The van der Waals surface area contributed by atoms with Gasteiger partial charge in [0.05, 0.1) is 4.92 Å². The molecule has 0 saturated carbocycles. The molecule has 0 spiro atoms. The highest BCUT2D eigenvalue weighted by Gasteiger charge is 2.27. The van der Waals surface area contributed by atoms with Crippen molar-refractivity contribution in [3.8, 4) is 11.5 Å². The second kappa shape index (κ2) is 5.27. The van der Waals surface area contributed by atoms with Crippen LogP contribution in [-0.2, 0) is 0 Å². The second-order valence-corrected chi connectivity index (χ2v) is 4.10. The van der Waals surface area contributed by atoms with Crippen molar-refractivity contribution in [2.45, 2.75) is 13.3 Å². The van der Waals surface area contributed by atoms with Crippen molar-refractivity contribution in [2.24, 2.45) is 0 Å². The zero-order valence-corrected chi connectivity index (χ0v) is 10.5. The number of aromatic carboxylic acids is 1. The van der Waals surface area contributed by atoms with Crippen molar-refractivity contribution in [1.29, 1.82) is 0 Å². The fourth-order valence-electron chi connectivity index (χ4n) is 1.75. The molecule has 0 radical (unpaired) electrons. The number of carboxylic acids is 1. The van der Waals surface area contributed by atoms with Gasteiger partial charge < -0.3 is 9.52 Å². The van der Waals surface area contributed by atoms with Gasteiger partial charge in [-0.2, -0.15) is 0 Å². The summed E-state index contributed by atoms with van der Waals surface area (Å²) in [5, 5.41) is 19.4. The lowest BCUT2D eigenvalue weighted by atomic mass is 10.1. The monoisotopic (exact) mass is 298 g/mol. The molecule has 21 heavy (non-hydrogen) atoms. The van der Waals surface area contributed by atoms with Crippen molar-refractivity contribution in [3.05, 3.63) is 45.3 Å². The molecule has 0 aliphatic carbocycles. The molecule has 1 aromatic heterocycles. The quantitative estimate of drug-likeness (QED) is 0.686. The maximum Gasteiger partial charge on any atom is 0.374 e. The van der Waals surface area contributed by atoms with E-state index in [-0.39, 0.29) is 17.1 Å². The van der Waals surface area contributed by atoms with E-state index in [0.29, 0.717) is 5.56 Å². The number of nitrogens with zero attached hydrogens (tertiary/aromatic N) is 2. The summed E-state index contributed by atoms with van der Waals surface area (Å²) in [7, 11) is 0. The van der Waals surface area contributed by atoms with E-state index in [1.165, 1.54) is 19.1 Å². The predicted octanol–water partition coefficient (Wildman–Crippen LogP) is 3.19. The maximum absolute atomic E-state index is 12.7. The molecular formula is C12H8F2N2O5. The third-order valence-electron chi connectivity index (χ3n) is 2.71. The summed E-state index contributed by atoms with van der Waals surface area (Å²) in [6, 6.07) is 3.62. The third-order valence-corrected chi connectivity index (χ3v) is 2.71. The minimum absolute atomic E-state index is 0.185. The first kappa shape index (κ1) is 14.6. The number of non-ortho nitro benzene ring substituents is 1. The number of carbonyl (C=O) groups is 1. The Bertz CT molecular complexity index is 726. The summed E-state index contributed by atoms with van der Waals surface area (Å²) < 4.78 is 30.3. The van der Waals surface area contributed by atoms with Crippen molar-refractivity contribution in [3.63, 3.8) is 0 Å². The summed E-state index contributed by atoms with van der Waals surface area (Å²) >= 11 is 0. The first-order valence-corrected chi connectivity index (χ1v) is 5.59. The molecule has 0 atom stereocenters. The van der Waals surface area contributed by atoms with Crippen LogP contribution in [0.25, 0.3) is 11.5 Å². The molecule has 0 saturated heterocycles. The van der Waals surface area contributed by atoms with Crippen LogP contribution in [0, 0.1) is 17.0 Å². The van der Waals surface area contributed by atoms with E-state index in [0.717, 1.165) is 6.07 Å². The van der Waals surface area contributed by atoms with Gasteiger partial charge in [0.2, 0.25) is 11.7 Å². The molecule has 110 valence electrons. The fraction of sp³-hybridized carbons (Fsp3) is 0.167. The first-order chi connectivity index (χ1) is 9.81. The van der Waals surface area contributed by atoms with Gasteiger partial charge in [0.15, 0.2) is 5.69 Å². The first-order valence-electron chi connectivity index (χ1n) is 5.59. The third kappa shape index (κ3) is 2.71. The SMILES string of the molecule is Cc1cc([N+](=O)[O-])ccc1-c1nc(C(F)F)c(C(=O)O)o1. The molecule has 0 bridgehead atoms. The highest BCUT2D eigenvalue weighted by molar-refractivity contribution is 5.86. The lowest BCUT2D eigenvalue weighted by molar-refractivity contribution is -0.384. The largest absolute Gasteiger partial charge is 0.475 e. The van der Waals surface area contributed by atoms with Gasteiger partial charge in [-0.25, -0.2) is 18.6 Å². The Morgan fingerprint density at radius 2 is 2.14 bits per heavy atom. The fourth-order valence-corrected chi connectivity index (χ4v) is 1.75. The van der Waals surface area contributed by atoms with E-state index in [1.54, 1.807) is 0 Å². The Labute approximate surface area is 116 Å². The minimum Gasteiger partial charge on any atom is -0.475 e. The van der Waals surface area contributed by atoms with Crippen LogP contribution in [0.3, 0.4) is 0 Å². The zero-order valence-electron chi connectivity index (χ0n) is 10.5. The van der Waals surface area contributed by atoms with Gasteiger partial charge >= 0.3 is 5.97 Å². The molecule has 1 heterocycles. The Morgan fingerprint density at radius 3 is 2.57 bits per heavy atom. The number of aromatic nitrogens is 1. The molecule has 2 rings (SSSR count). The Morgan fingerprint density at radius 1 is 1.48 bits per heavy atom. The van der Waals surface area contributed by atoms with Crippen LogP contribution in [0.5, 0.6) is 0 Å². The van der Waals surface area contributed by atoms with Gasteiger partial charge in [-0.05, 0) is 18.6 Å². The standard InChI is InChI=1S/C12H8F2N2O5/c1-5-4-6(16(19)20)2-3-7(5)11-15-8(10(13)14)9(21-11)12(17)18/h2-4,10H,1H3,(H,17,18). The van der Waals surface area contributed by atoms with Crippen molar-refractivity contribution in [2.75, 3.05) is 0 Å². The molecule has 0 amide bonds. The van der Waals surface area contributed by atoms with Gasteiger partial charge in [0.1, 0.15) is 0 Å². The smallest absolute Gasteiger partial charge is 0.374 e. The number of halogens is 2. The molecule has 7 nitrogen and oxygen atoms in total. The summed E-state index contributed by atoms with van der Waals surface area (Å²) in [6.07, 6.45) is -3.10. The minimum atomic E-state index is -3.10. The molecule has 1 N–H and O–H groups in total. The predicted molar refractivity (Wildman–Crippen MR) is 65.2 cm³/mol. The number of nitro groups is 1. The normalized spacial score (nSPS) is 10.9. The van der Waals surface area contributed by atoms with Gasteiger partial charge in [-0.3, -0.25) is 10.1 Å². The highest BCUT2D eigenvalue weighted by atomic mass is 19.3. The van der Waals surface area contributed by atoms with E-state index in [1.807, 2.05) is 0 Å². The van der Waals surface area contributed by atoms with E-state index < -0.39 is 28.8 Å². The number of alkyl halides is 2. The van der Waals surface area contributed by atoms with Gasteiger partial charge in [-0.15, -0.1) is 0 Å². The van der Waals surface area contributed by atoms with Crippen LogP contribution in [0.1, 0.15) is 28.2 Å². The lowest BCUT2D eigenvalue weighted by Gasteiger charge is -2.00. The molecule has 0 unspecified atom stereocenters. The van der Waals surface area contributed by atoms with Crippen LogP contribution in [0.4, 0.5) is 14.5 Å². The number of hydrogen-bond acceptors (Lipinski definition) is 5. The Balaban J connectivity index is 2.55. The van der Waals surface area contributed by atoms with E-state index in [9.17, 15) is 23.7 Å². The Kier molecular flexibility index (Phi) is 3.66. The van der Waals surface area contributed by atoms with Crippen LogP contribution < -0.4 is 0 Å². The number of oxazole rings is 1. The maximum atomic E-state index is 12.7. The molecule has 0 aliphatic rings. The average Bonchev–Trinajstić information content (AvgIpc) is 2.83. The van der Waals surface area contributed by atoms with Crippen molar-refractivity contribution in [1.82, 2.24) is 4.98 Å². The van der Waals surface area contributed by atoms with Crippen molar-refractivity contribution < 1.29 is 28.0 Å². The van der Waals surface area contributed by atoms with E-state index in [4.69, 9.17) is 9.52 Å². The van der Waals surface area contributed by atoms with Crippen LogP contribution >= 0.6 is 0 Å². The van der Waals surface area contributed by atoms with E-state index >= 15 is 0 Å². The second-order valence-electron chi connectivity index (χ2n) is 4.10. The molecule has 0 aliphatic heterocycles. The Hall–Kier alpha value is -2.84. The number of benzene rings is 1. The van der Waals surface area contributed by atoms with Gasteiger partial charge in [-0.1, -0.05) is 0 Å². The zero-order chi connectivity index (χ0) is 15.7. The van der Waals surface area contributed by atoms with Crippen LogP contribution in [0.15, 0.2) is 22.6 Å². The van der Waals surface area contributed by atoms with E-state index in [2.05, 4.69) is 4.98 Å². The van der Waals surface area contributed by atoms with Crippen LogP contribution in [0.2, 0.25) is 0 Å². The van der Waals surface area contributed by atoms with Crippen LogP contribution in [-0.4, -0.2) is 21.0 Å². The molecule has 0 fully saturated rings. The van der Waals surface area contributed by atoms with Crippen molar-refractivity contribution >= 4 is 11.7 Å². The number of nitro benzene ring substituents is 1. The van der Waals surface area contributed by atoms with Gasteiger partial charge in [0, 0.05) is 17.7 Å². The number of hydrogen-bond donors (Lipinski definition) is 1. The molecule has 1 aromatic carbocycles. The summed E-state index contributed by atoms with van der Waals surface area (Å²) in [5.74, 6) is -2.93. The number of carboxylic acid groups (broad SMARTS) is 1. The summed E-state index contributed by atoms with van der Waals surface area (Å²) in [5.41, 5.74) is -0.608.